The topological polar surface area (TPSA) is 37.8 Å². The summed E-state index contributed by atoms with van der Waals surface area (Å²) < 4.78 is 13.9. The minimum Gasteiger partial charge on any atom is -0.324 e. The molecule has 3 aromatic rings. The summed E-state index contributed by atoms with van der Waals surface area (Å²) in [5, 5.41) is 3.05. The molecule has 0 aliphatic carbocycles. The first-order valence-corrected chi connectivity index (χ1v) is 7.43. The van der Waals surface area contributed by atoms with E-state index in [9.17, 15) is 4.39 Å². The average Bonchev–Trinajstić information content (AvgIpc) is 2.89. The second-order valence-electron chi connectivity index (χ2n) is 4.00. The number of hydrogen-bond donors (Lipinski definition) is 1. The predicted octanol–water partition coefficient (Wildman–Crippen LogP) is 4.85. The molecule has 0 aliphatic heterocycles. The molecule has 20 heavy (non-hydrogen) atoms. The van der Waals surface area contributed by atoms with Crippen molar-refractivity contribution in [2.24, 2.45) is 0 Å². The van der Waals surface area contributed by atoms with Crippen molar-refractivity contribution in [3.8, 4) is 10.6 Å². The van der Waals surface area contributed by atoms with Gasteiger partial charge in [0.1, 0.15) is 5.82 Å². The standard InChI is InChI=1S/C14H9BrFN3S/c15-13-6-5-12(20-13)11-7-8-17-14(19-11)18-10-3-1-9(16)2-4-10/h1-8H,(H,17,18,19). The summed E-state index contributed by atoms with van der Waals surface area (Å²) in [6.07, 6.45) is 1.70. The minimum absolute atomic E-state index is 0.270. The van der Waals surface area contributed by atoms with Crippen LogP contribution in [0.15, 0.2) is 52.4 Å². The van der Waals surface area contributed by atoms with Crippen molar-refractivity contribution in [2.45, 2.75) is 0 Å². The van der Waals surface area contributed by atoms with Gasteiger partial charge in [0.15, 0.2) is 0 Å². The SMILES string of the molecule is Fc1ccc(Nc2nccc(-c3ccc(Br)s3)n2)cc1. The average molecular weight is 350 g/mol. The number of benzene rings is 1. The van der Waals surface area contributed by atoms with Crippen LogP contribution in [0.4, 0.5) is 16.0 Å². The molecule has 0 unspecified atom stereocenters. The molecule has 6 heteroatoms. The summed E-state index contributed by atoms with van der Waals surface area (Å²) in [5.41, 5.74) is 1.59. The van der Waals surface area contributed by atoms with E-state index in [0.717, 1.165) is 20.0 Å². The highest BCUT2D eigenvalue weighted by molar-refractivity contribution is 9.11. The van der Waals surface area contributed by atoms with E-state index in [1.807, 2.05) is 18.2 Å². The Balaban J connectivity index is 1.86. The van der Waals surface area contributed by atoms with E-state index in [1.165, 1.54) is 12.1 Å². The summed E-state index contributed by atoms with van der Waals surface area (Å²) in [4.78, 5) is 9.67. The van der Waals surface area contributed by atoms with E-state index >= 15 is 0 Å². The zero-order valence-corrected chi connectivity index (χ0v) is 12.6. The van der Waals surface area contributed by atoms with Crippen molar-refractivity contribution >= 4 is 38.9 Å². The lowest BCUT2D eigenvalue weighted by Crippen LogP contribution is -1.97. The van der Waals surface area contributed by atoms with Gasteiger partial charge in [-0.15, -0.1) is 11.3 Å². The quantitative estimate of drug-likeness (QED) is 0.734. The van der Waals surface area contributed by atoms with Gasteiger partial charge >= 0.3 is 0 Å². The summed E-state index contributed by atoms with van der Waals surface area (Å²) in [6, 6.07) is 11.9. The summed E-state index contributed by atoms with van der Waals surface area (Å²) >= 11 is 5.04. The van der Waals surface area contributed by atoms with Gasteiger partial charge in [0, 0.05) is 11.9 Å². The van der Waals surface area contributed by atoms with Crippen LogP contribution >= 0.6 is 27.3 Å². The molecule has 2 aromatic heterocycles. The summed E-state index contributed by atoms with van der Waals surface area (Å²) in [5.74, 6) is 0.215. The second-order valence-corrected chi connectivity index (χ2v) is 6.46. The lowest BCUT2D eigenvalue weighted by molar-refractivity contribution is 0.628. The molecule has 0 spiro atoms. The van der Waals surface area contributed by atoms with Crippen LogP contribution in [0.3, 0.4) is 0 Å². The fraction of sp³-hybridized carbons (Fsp3) is 0. The largest absolute Gasteiger partial charge is 0.324 e. The number of hydrogen-bond acceptors (Lipinski definition) is 4. The monoisotopic (exact) mass is 349 g/mol. The number of halogens is 2. The Morgan fingerprint density at radius 1 is 1.05 bits per heavy atom. The van der Waals surface area contributed by atoms with Crippen molar-refractivity contribution in [2.75, 3.05) is 5.32 Å². The van der Waals surface area contributed by atoms with E-state index in [-0.39, 0.29) is 5.82 Å². The Labute approximate surface area is 127 Å². The van der Waals surface area contributed by atoms with Crippen LogP contribution in [-0.2, 0) is 0 Å². The molecule has 0 bridgehead atoms. The van der Waals surface area contributed by atoms with Crippen LogP contribution in [0.5, 0.6) is 0 Å². The van der Waals surface area contributed by atoms with E-state index in [2.05, 4.69) is 31.2 Å². The first-order valence-electron chi connectivity index (χ1n) is 5.82. The molecule has 3 nitrogen and oxygen atoms in total. The lowest BCUT2D eigenvalue weighted by Gasteiger charge is -2.05. The third-order valence-electron chi connectivity index (χ3n) is 2.58. The lowest BCUT2D eigenvalue weighted by atomic mass is 10.3. The highest BCUT2D eigenvalue weighted by Gasteiger charge is 2.05. The van der Waals surface area contributed by atoms with E-state index in [0.29, 0.717) is 5.95 Å². The number of anilines is 2. The molecule has 0 saturated heterocycles. The van der Waals surface area contributed by atoms with E-state index in [1.54, 1.807) is 29.7 Å². The maximum atomic E-state index is 12.9. The molecule has 0 aliphatic rings. The van der Waals surface area contributed by atoms with Crippen LogP contribution in [0.2, 0.25) is 0 Å². The van der Waals surface area contributed by atoms with Gasteiger partial charge < -0.3 is 5.32 Å². The van der Waals surface area contributed by atoms with Gasteiger partial charge in [0.05, 0.1) is 14.4 Å². The Bertz CT molecular complexity index is 727. The molecule has 100 valence electrons. The zero-order valence-electron chi connectivity index (χ0n) is 10.2. The van der Waals surface area contributed by atoms with Crippen LogP contribution in [0, 0.1) is 5.82 Å². The Morgan fingerprint density at radius 3 is 2.55 bits per heavy atom. The summed E-state index contributed by atoms with van der Waals surface area (Å²) in [6.45, 7) is 0. The normalized spacial score (nSPS) is 10.5. The molecular weight excluding hydrogens is 341 g/mol. The molecule has 1 aromatic carbocycles. The van der Waals surface area contributed by atoms with Crippen molar-refractivity contribution in [3.05, 3.63) is 58.3 Å². The highest BCUT2D eigenvalue weighted by atomic mass is 79.9. The fourth-order valence-electron chi connectivity index (χ4n) is 1.67. The molecule has 0 saturated carbocycles. The Kier molecular flexibility index (Phi) is 3.75. The van der Waals surface area contributed by atoms with Gasteiger partial charge in [0.25, 0.3) is 0 Å². The molecule has 0 radical (unpaired) electrons. The van der Waals surface area contributed by atoms with Crippen LogP contribution in [0.1, 0.15) is 0 Å². The molecule has 0 atom stereocenters. The molecule has 3 rings (SSSR count). The maximum Gasteiger partial charge on any atom is 0.227 e. The number of nitrogens with one attached hydrogen (secondary N) is 1. The first kappa shape index (κ1) is 13.2. The van der Waals surface area contributed by atoms with Crippen molar-refractivity contribution in [3.63, 3.8) is 0 Å². The highest BCUT2D eigenvalue weighted by Crippen LogP contribution is 2.30. The Morgan fingerprint density at radius 2 is 1.85 bits per heavy atom. The van der Waals surface area contributed by atoms with Gasteiger partial charge in [-0.2, -0.15) is 0 Å². The van der Waals surface area contributed by atoms with Crippen LogP contribution < -0.4 is 5.32 Å². The first-order chi connectivity index (χ1) is 9.70. The second kappa shape index (κ2) is 5.68. The number of thiophene rings is 1. The van der Waals surface area contributed by atoms with E-state index in [4.69, 9.17) is 0 Å². The number of nitrogens with zero attached hydrogens (tertiary/aromatic N) is 2. The molecule has 0 fully saturated rings. The molecule has 1 N–H and O–H groups in total. The fourth-order valence-corrected chi connectivity index (χ4v) is 3.03. The Hall–Kier alpha value is -1.79. The van der Waals surface area contributed by atoms with Crippen molar-refractivity contribution in [1.29, 1.82) is 0 Å². The van der Waals surface area contributed by atoms with Crippen LogP contribution in [-0.4, -0.2) is 9.97 Å². The van der Waals surface area contributed by atoms with Crippen molar-refractivity contribution in [1.82, 2.24) is 9.97 Å². The number of aromatic nitrogens is 2. The third-order valence-corrected chi connectivity index (χ3v) is 4.23. The van der Waals surface area contributed by atoms with Gasteiger partial charge in [-0.25, -0.2) is 14.4 Å². The molecule has 0 amide bonds. The van der Waals surface area contributed by atoms with Crippen molar-refractivity contribution < 1.29 is 4.39 Å². The van der Waals surface area contributed by atoms with Crippen LogP contribution in [0.25, 0.3) is 10.6 Å². The number of rotatable bonds is 3. The third kappa shape index (κ3) is 3.02. The van der Waals surface area contributed by atoms with Gasteiger partial charge in [0.2, 0.25) is 5.95 Å². The minimum atomic E-state index is -0.270. The zero-order chi connectivity index (χ0) is 13.9. The van der Waals surface area contributed by atoms with Gasteiger partial charge in [-0.05, 0) is 58.4 Å². The maximum absolute atomic E-state index is 12.9. The molecular formula is C14H9BrFN3S. The summed E-state index contributed by atoms with van der Waals surface area (Å²) in [7, 11) is 0. The van der Waals surface area contributed by atoms with E-state index < -0.39 is 0 Å². The smallest absolute Gasteiger partial charge is 0.227 e. The van der Waals surface area contributed by atoms with Gasteiger partial charge in [-0.3, -0.25) is 0 Å². The predicted molar refractivity (Wildman–Crippen MR) is 82.7 cm³/mol. The molecule has 2 heterocycles. The van der Waals surface area contributed by atoms with Gasteiger partial charge in [-0.1, -0.05) is 0 Å².